The van der Waals surface area contributed by atoms with Crippen LogP contribution in [0.2, 0.25) is 0 Å². The number of nitrogens with two attached hydrogens (primary N) is 1. The maximum absolute atomic E-state index is 5.65. The molecule has 1 atom stereocenters. The molecule has 4 nitrogen and oxygen atoms in total. The molecule has 0 saturated heterocycles. The van der Waals surface area contributed by atoms with Gasteiger partial charge < -0.3 is 10.5 Å². The standard InChI is InChI=1S/C10H17N3OS/c1-6(2)7(3)14-9-5-8(11)12-10(13-9)15-4/h5-7H,1-4H3,(H2,11,12,13). The average molecular weight is 227 g/mol. The summed E-state index contributed by atoms with van der Waals surface area (Å²) in [6, 6.07) is 1.65. The van der Waals surface area contributed by atoms with Gasteiger partial charge in [-0.05, 0) is 19.1 Å². The van der Waals surface area contributed by atoms with E-state index in [1.165, 1.54) is 11.8 Å². The van der Waals surface area contributed by atoms with Gasteiger partial charge in [-0.2, -0.15) is 4.98 Å². The molecular formula is C10H17N3OS. The fraction of sp³-hybridized carbons (Fsp3) is 0.600. The molecule has 1 rings (SSSR count). The molecule has 1 aromatic heterocycles. The Labute approximate surface area is 94.6 Å². The third kappa shape index (κ3) is 3.58. The van der Waals surface area contributed by atoms with Crippen molar-refractivity contribution in [2.24, 2.45) is 5.92 Å². The van der Waals surface area contributed by atoms with Crippen molar-refractivity contribution in [3.63, 3.8) is 0 Å². The van der Waals surface area contributed by atoms with E-state index in [1.54, 1.807) is 6.07 Å². The highest BCUT2D eigenvalue weighted by Crippen LogP contribution is 2.19. The lowest BCUT2D eigenvalue weighted by atomic mass is 10.1. The molecule has 0 spiro atoms. The van der Waals surface area contributed by atoms with Crippen molar-refractivity contribution < 1.29 is 4.74 Å². The first-order chi connectivity index (χ1) is 7.02. The molecule has 15 heavy (non-hydrogen) atoms. The lowest BCUT2D eigenvalue weighted by Gasteiger charge is -2.17. The number of anilines is 1. The third-order valence-corrected chi connectivity index (χ3v) is 2.68. The van der Waals surface area contributed by atoms with Gasteiger partial charge in [-0.1, -0.05) is 25.6 Å². The molecule has 5 heteroatoms. The highest BCUT2D eigenvalue weighted by Gasteiger charge is 2.11. The number of aromatic nitrogens is 2. The average Bonchev–Trinajstić information content (AvgIpc) is 2.16. The van der Waals surface area contributed by atoms with Crippen molar-refractivity contribution in [2.45, 2.75) is 32.0 Å². The Hall–Kier alpha value is -0.970. The first-order valence-electron chi connectivity index (χ1n) is 4.88. The number of nitrogens with zero attached hydrogens (tertiary/aromatic N) is 2. The summed E-state index contributed by atoms with van der Waals surface area (Å²) in [4.78, 5) is 8.28. The maximum atomic E-state index is 5.65. The summed E-state index contributed by atoms with van der Waals surface area (Å²) in [5.74, 6) is 1.44. The molecule has 0 radical (unpaired) electrons. The molecular weight excluding hydrogens is 210 g/mol. The van der Waals surface area contributed by atoms with Crippen LogP contribution in [0, 0.1) is 5.92 Å². The van der Waals surface area contributed by atoms with Gasteiger partial charge in [0.1, 0.15) is 5.82 Å². The molecule has 0 aromatic carbocycles. The summed E-state index contributed by atoms with van der Waals surface area (Å²) < 4.78 is 5.65. The Morgan fingerprint density at radius 1 is 1.33 bits per heavy atom. The number of nitrogen functional groups attached to an aromatic ring is 1. The van der Waals surface area contributed by atoms with Crippen molar-refractivity contribution in [1.29, 1.82) is 0 Å². The fourth-order valence-corrected chi connectivity index (χ4v) is 1.28. The highest BCUT2D eigenvalue weighted by atomic mass is 32.2. The SMILES string of the molecule is CSc1nc(N)cc(OC(C)C(C)C)n1. The normalized spacial score (nSPS) is 12.9. The second-order valence-electron chi connectivity index (χ2n) is 3.68. The predicted octanol–water partition coefficient (Wildman–Crippen LogP) is 2.20. The van der Waals surface area contributed by atoms with Crippen LogP contribution in [0.5, 0.6) is 5.88 Å². The van der Waals surface area contributed by atoms with Gasteiger partial charge in [0.15, 0.2) is 5.16 Å². The summed E-state index contributed by atoms with van der Waals surface area (Å²) in [7, 11) is 0. The summed E-state index contributed by atoms with van der Waals surface area (Å²) in [6.45, 7) is 6.22. The molecule has 0 aliphatic rings. The van der Waals surface area contributed by atoms with E-state index in [-0.39, 0.29) is 6.10 Å². The molecule has 0 aliphatic heterocycles. The lowest BCUT2D eigenvalue weighted by molar-refractivity contribution is 0.162. The van der Waals surface area contributed by atoms with Crippen LogP contribution in [0.25, 0.3) is 0 Å². The number of hydrogen-bond donors (Lipinski definition) is 1. The van der Waals surface area contributed by atoms with Crippen LogP contribution in [0.4, 0.5) is 5.82 Å². The second kappa shape index (κ2) is 5.21. The van der Waals surface area contributed by atoms with Gasteiger partial charge in [0.25, 0.3) is 0 Å². The van der Waals surface area contributed by atoms with E-state index in [9.17, 15) is 0 Å². The first kappa shape index (κ1) is 12.1. The number of ether oxygens (including phenoxy) is 1. The fourth-order valence-electron chi connectivity index (χ4n) is 0.899. The molecule has 0 saturated carbocycles. The third-order valence-electron chi connectivity index (χ3n) is 2.13. The Kier molecular flexibility index (Phi) is 4.20. The van der Waals surface area contributed by atoms with E-state index in [2.05, 4.69) is 23.8 Å². The molecule has 1 aromatic rings. The molecule has 2 N–H and O–H groups in total. The Balaban J connectivity index is 2.80. The monoisotopic (exact) mass is 227 g/mol. The van der Waals surface area contributed by atoms with Gasteiger partial charge in [-0.15, -0.1) is 0 Å². The van der Waals surface area contributed by atoms with Crippen molar-refractivity contribution >= 4 is 17.6 Å². The number of thioether (sulfide) groups is 1. The number of hydrogen-bond acceptors (Lipinski definition) is 5. The van der Waals surface area contributed by atoms with Crippen LogP contribution in [0.1, 0.15) is 20.8 Å². The van der Waals surface area contributed by atoms with Gasteiger partial charge in [-0.25, -0.2) is 4.98 Å². The second-order valence-corrected chi connectivity index (χ2v) is 4.46. The topological polar surface area (TPSA) is 61.0 Å². The lowest BCUT2D eigenvalue weighted by Crippen LogP contribution is -2.19. The number of rotatable bonds is 4. The van der Waals surface area contributed by atoms with Gasteiger partial charge in [0, 0.05) is 6.07 Å². The Bertz CT molecular complexity index is 330. The van der Waals surface area contributed by atoms with Gasteiger partial charge in [0.05, 0.1) is 6.10 Å². The molecule has 84 valence electrons. The zero-order valence-electron chi connectivity index (χ0n) is 9.52. The predicted molar refractivity (Wildman–Crippen MR) is 63.2 cm³/mol. The van der Waals surface area contributed by atoms with E-state index < -0.39 is 0 Å². The van der Waals surface area contributed by atoms with Gasteiger partial charge in [-0.3, -0.25) is 0 Å². The van der Waals surface area contributed by atoms with Crippen LogP contribution in [0.3, 0.4) is 0 Å². The van der Waals surface area contributed by atoms with Crippen LogP contribution in [-0.4, -0.2) is 22.3 Å². The van der Waals surface area contributed by atoms with E-state index >= 15 is 0 Å². The summed E-state index contributed by atoms with van der Waals surface area (Å²) in [5.41, 5.74) is 5.64. The molecule has 0 aliphatic carbocycles. The van der Waals surface area contributed by atoms with Crippen LogP contribution >= 0.6 is 11.8 Å². The van der Waals surface area contributed by atoms with Crippen LogP contribution < -0.4 is 10.5 Å². The maximum Gasteiger partial charge on any atom is 0.219 e. The Morgan fingerprint density at radius 3 is 2.53 bits per heavy atom. The van der Waals surface area contributed by atoms with Crippen molar-refractivity contribution in [3.05, 3.63) is 6.07 Å². The van der Waals surface area contributed by atoms with E-state index in [1.807, 2.05) is 13.2 Å². The summed E-state index contributed by atoms with van der Waals surface area (Å²) >= 11 is 1.45. The van der Waals surface area contributed by atoms with Crippen molar-refractivity contribution in [2.75, 3.05) is 12.0 Å². The summed E-state index contributed by atoms with van der Waals surface area (Å²) in [5, 5.41) is 0.640. The summed E-state index contributed by atoms with van der Waals surface area (Å²) in [6.07, 6.45) is 2.03. The minimum atomic E-state index is 0.119. The minimum Gasteiger partial charge on any atom is -0.474 e. The Morgan fingerprint density at radius 2 is 2.00 bits per heavy atom. The van der Waals surface area contributed by atoms with Crippen LogP contribution in [0.15, 0.2) is 11.2 Å². The molecule has 0 fully saturated rings. The minimum absolute atomic E-state index is 0.119. The quantitative estimate of drug-likeness (QED) is 0.631. The molecule has 1 heterocycles. The van der Waals surface area contributed by atoms with Gasteiger partial charge >= 0.3 is 0 Å². The van der Waals surface area contributed by atoms with E-state index in [0.29, 0.717) is 22.8 Å². The molecule has 0 bridgehead atoms. The highest BCUT2D eigenvalue weighted by molar-refractivity contribution is 7.98. The largest absolute Gasteiger partial charge is 0.474 e. The van der Waals surface area contributed by atoms with Crippen molar-refractivity contribution in [3.8, 4) is 5.88 Å². The first-order valence-corrected chi connectivity index (χ1v) is 6.10. The van der Waals surface area contributed by atoms with Crippen LogP contribution in [-0.2, 0) is 0 Å². The van der Waals surface area contributed by atoms with E-state index in [4.69, 9.17) is 10.5 Å². The molecule has 0 amide bonds. The van der Waals surface area contributed by atoms with Crippen molar-refractivity contribution in [1.82, 2.24) is 9.97 Å². The zero-order chi connectivity index (χ0) is 11.4. The van der Waals surface area contributed by atoms with Gasteiger partial charge in [0.2, 0.25) is 5.88 Å². The zero-order valence-corrected chi connectivity index (χ0v) is 10.3. The van der Waals surface area contributed by atoms with E-state index in [0.717, 1.165) is 0 Å². The smallest absolute Gasteiger partial charge is 0.219 e. The molecule has 1 unspecified atom stereocenters.